The molecule has 4 nitrogen and oxygen atoms in total. The highest BCUT2D eigenvalue weighted by atomic mass is 19.1. The van der Waals surface area contributed by atoms with Crippen LogP contribution in [-0.2, 0) is 0 Å². The molecule has 0 radical (unpaired) electrons. The number of rotatable bonds is 4. The van der Waals surface area contributed by atoms with E-state index in [2.05, 4.69) is 17.2 Å². The Morgan fingerprint density at radius 3 is 2.68 bits per heavy atom. The van der Waals surface area contributed by atoms with Crippen LogP contribution in [0.5, 0.6) is 0 Å². The Balaban J connectivity index is 1.73. The van der Waals surface area contributed by atoms with Gasteiger partial charge in [0, 0.05) is 23.5 Å². The number of fused-ring (bicyclic) bond motifs is 1. The highest BCUT2D eigenvalue weighted by Gasteiger charge is 2.29. The van der Waals surface area contributed by atoms with Crippen LogP contribution in [0.1, 0.15) is 35.8 Å². The van der Waals surface area contributed by atoms with Gasteiger partial charge in [0.1, 0.15) is 11.5 Å². The molecular formula is C20H20FN3O. The zero-order chi connectivity index (χ0) is 17.6. The first-order valence-corrected chi connectivity index (χ1v) is 8.58. The predicted molar refractivity (Wildman–Crippen MR) is 95.0 cm³/mol. The first kappa shape index (κ1) is 15.8. The second-order valence-electron chi connectivity index (χ2n) is 6.81. The second-order valence-corrected chi connectivity index (χ2v) is 6.81. The third kappa shape index (κ3) is 3.02. The molecule has 1 N–H and O–H groups in total. The van der Waals surface area contributed by atoms with Gasteiger partial charge in [-0.3, -0.25) is 4.79 Å². The van der Waals surface area contributed by atoms with E-state index in [4.69, 9.17) is 0 Å². The van der Waals surface area contributed by atoms with Crippen LogP contribution in [0.4, 0.5) is 4.39 Å². The number of hydrogen-bond acceptors (Lipinski definition) is 2. The van der Waals surface area contributed by atoms with Gasteiger partial charge in [-0.05, 0) is 69.0 Å². The molecule has 0 saturated heterocycles. The largest absolute Gasteiger partial charge is 0.349 e. The second kappa shape index (κ2) is 5.99. The molecule has 2 heterocycles. The van der Waals surface area contributed by atoms with Crippen LogP contribution >= 0.6 is 0 Å². The van der Waals surface area contributed by atoms with Crippen LogP contribution in [0.2, 0.25) is 0 Å². The Kier molecular flexibility index (Phi) is 3.79. The quantitative estimate of drug-likeness (QED) is 0.783. The van der Waals surface area contributed by atoms with Crippen LogP contribution < -0.4 is 5.32 Å². The van der Waals surface area contributed by atoms with Crippen LogP contribution in [0, 0.1) is 18.7 Å². The molecule has 0 bridgehead atoms. The normalized spacial score (nSPS) is 15.3. The molecule has 1 aromatic carbocycles. The van der Waals surface area contributed by atoms with Crippen molar-refractivity contribution in [2.24, 2.45) is 5.92 Å². The third-order valence-electron chi connectivity index (χ3n) is 4.88. The summed E-state index contributed by atoms with van der Waals surface area (Å²) in [6.07, 6.45) is 4.23. The molecule has 1 atom stereocenters. The van der Waals surface area contributed by atoms with Crippen molar-refractivity contribution in [3.8, 4) is 11.3 Å². The van der Waals surface area contributed by atoms with Crippen molar-refractivity contribution in [3.05, 3.63) is 59.7 Å². The molecule has 1 amide bonds. The van der Waals surface area contributed by atoms with E-state index in [1.807, 2.05) is 23.6 Å². The Labute approximate surface area is 145 Å². The Morgan fingerprint density at radius 2 is 2.00 bits per heavy atom. The van der Waals surface area contributed by atoms with Crippen molar-refractivity contribution in [3.63, 3.8) is 0 Å². The van der Waals surface area contributed by atoms with Crippen molar-refractivity contribution in [1.29, 1.82) is 0 Å². The summed E-state index contributed by atoms with van der Waals surface area (Å²) in [5.74, 6) is 0.228. The highest BCUT2D eigenvalue weighted by Crippen LogP contribution is 2.32. The molecule has 0 aliphatic heterocycles. The minimum Gasteiger partial charge on any atom is -0.349 e. The lowest BCUT2D eigenvalue weighted by molar-refractivity contribution is 0.0937. The van der Waals surface area contributed by atoms with Gasteiger partial charge in [0.15, 0.2) is 0 Å². The van der Waals surface area contributed by atoms with Crippen molar-refractivity contribution >= 4 is 11.6 Å². The number of hydrogen-bond donors (Lipinski definition) is 1. The van der Waals surface area contributed by atoms with E-state index in [9.17, 15) is 9.18 Å². The van der Waals surface area contributed by atoms with Gasteiger partial charge in [-0.15, -0.1) is 0 Å². The van der Waals surface area contributed by atoms with Gasteiger partial charge in [0.05, 0.1) is 11.3 Å². The van der Waals surface area contributed by atoms with Gasteiger partial charge in [-0.25, -0.2) is 9.37 Å². The average molecular weight is 337 g/mol. The van der Waals surface area contributed by atoms with Gasteiger partial charge in [-0.1, -0.05) is 0 Å². The van der Waals surface area contributed by atoms with E-state index >= 15 is 0 Å². The molecule has 1 aliphatic rings. The number of benzene rings is 1. The maximum Gasteiger partial charge on any atom is 0.255 e. The van der Waals surface area contributed by atoms with E-state index in [1.165, 1.54) is 25.0 Å². The Bertz CT molecular complexity index is 941. The van der Waals surface area contributed by atoms with Crippen LogP contribution in [-0.4, -0.2) is 21.3 Å². The summed E-state index contributed by atoms with van der Waals surface area (Å²) in [5, 5.41) is 3.08. The zero-order valence-electron chi connectivity index (χ0n) is 14.3. The number of halogens is 1. The minimum atomic E-state index is -0.279. The van der Waals surface area contributed by atoms with Crippen LogP contribution in [0.25, 0.3) is 16.9 Å². The number of nitrogens with one attached hydrogen (secondary N) is 1. The van der Waals surface area contributed by atoms with Crippen LogP contribution in [0.15, 0.2) is 42.6 Å². The van der Waals surface area contributed by atoms with Crippen LogP contribution in [0.3, 0.4) is 0 Å². The molecule has 4 rings (SSSR count). The van der Waals surface area contributed by atoms with E-state index in [0.717, 1.165) is 17.0 Å². The van der Waals surface area contributed by atoms with Gasteiger partial charge < -0.3 is 9.72 Å². The summed E-state index contributed by atoms with van der Waals surface area (Å²) in [6, 6.07) is 10.2. The van der Waals surface area contributed by atoms with Crippen molar-refractivity contribution < 1.29 is 9.18 Å². The van der Waals surface area contributed by atoms with Gasteiger partial charge in [0.25, 0.3) is 5.91 Å². The molecule has 0 spiro atoms. The first-order valence-electron chi connectivity index (χ1n) is 8.58. The van der Waals surface area contributed by atoms with Gasteiger partial charge in [-0.2, -0.15) is 0 Å². The topological polar surface area (TPSA) is 46.4 Å². The van der Waals surface area contributed by atoms with Gasteiger partial charge >= 0.3 is 0 Å². The fourth-order valence-corrected chi connectivity index (χ4v) is 3.18. The molecule has 2 aromatic heterocycles. The molecular weight excluding hydrogens is 317 g/mol. The lowest BCUT2D eigenvalue weighted by atomic mass is 10.1. The monoisotopic (exact) mass is 337 g/mol. The first-order chi connectivity index (χ1) is 12.0. The van der Waals surface area contributed by atoms with Crippen molar-refractivity contribution in [2.75, 3.05) is 0 Å². The summed E-state index contributed by atoms with van der Waals surface area (Å²) in [5.41, 5.74) is 3.72. The molecule has 5 heteroatoms. The summed E-state index contributed by atoms with van der Waals surface area (Å²) in [4.78, 5) is 17.3. The number of nitrogens with zero attached hydrogens (tertiary/aromatic N) is 2. The van der Waals surface area contributed by atoms with E-state index in [1.54, 1.807) is 18.2 Å². The maximum absolute atomic E-state index is 13.2. The summed E-state index contributed by atoms with van der Waals surface area (Å²) in [7, 11) is 0. The Morgan fingerprint density at radius 1 is 1.28 bits per heavy atom. The summed E-state index contributed by atoms with van der Waals surface area (Å²) >= 11 is 0. The predicted octanol–water partition coefficient (Wildman–Crippen LogP) is 3.98. The zero-order valence-corrected chi connectivity index (χ0v) is 14.3. The number of carbonyl (C=O) groups is 1. The fraction of sp³-hybridized carbons (Fsp3) is 0.300. The van der Waals surface area contributed by atoms with Gasteiger partial charge in [0.2, 0.25) is 0 Å². The Hall–Kier alpha value is -2.69. The minimum absolute atomic E-state index is 0.0925. The van der Waals surface area contributed by atoms with E-state index in [0.29, 0.717) is 17.1 Å². The number of amides is 1. The molecule has 3 aromatic rings. The molecule has 1 saturated carbocycles. The van der Waals surface area contributed by atoms with E-state index < -0.39 is 0 Å². The van der Waals surface area contributed by atoms with Crippen molar-refractivity contribution in [1.82, 2.24) is 14.7 Å². The smallest absolute Gasteiger partial charge is 0.255 e. The molecule has 1 aliphatic carbocycles. The molecule has 25 heavy (non-hydrogen) atoms. The van der Waals surface area contributed by atoms with E-state index in [-0.39, 0.29) is 17.8 Å². The fourth-order valence-electron chi connectivity index (χ4n) is 3.18. The highest BCUT2D eigenvalue weighted by molar-refractivity contribution is 6.00. The third-order valence-corrected chi connectivity index (χ3v) is 4.88. The maximum atomic E-state index is 13.2. The molecule has 1 fully saturated rings. The number of aromatic nitrogens is 2. The van der Waals surface area contributed by atoms with Crippen molar-refractivity contribution in [2.45, 2.75) is 32.7 Å². The average Bonchev–Trinajstić information content (AvgIpc) is 3.35. The number of carbonyl (C=O) groups excluding carboxylic acids is 1. The molecule has 1 unspecified atom stereocenters. The summed E-state index contributed by atoms with van der Waals surface area (Å²) < 4.78 is 15.1. The lowest BCUT2D eigenvalue weighted by Crippen LogP contribution is -2.34. The summed E-state index contributed by atoms with van der Waals surface area (Å²) in [6.45, 7) is 4.02. The SMILES string of the molecule is Cc1cc(-c2ccc(F)cc2)nc2c(C(=O)NC(C)C3CC3)ccn12. The standard InChI is InChI=1S/C20H20FN3O/c1-12-11-18(15-5-7-16(21)8-6-15)23-19-17(9-10-24(12)19)20(25)22-13(2)14-3-4-14/h5-11,13-14H,3-4H2,1-2H3,(H,22,25). The lowest BCUT2D eigenvalue weighted by Gasteiger charge is -2.12. The molecule has 128 valence electrons. The number of aryl methyl sites for hydroxylation is 1.